The number of anilines is 1. The van der Waals surface area contributed by atoms with E-state index >= 15 is 0 Å². The lowest BCUT2D eigenvalue weighted by Gasteiger charge is -2.23. The van der Waals surface area contributed by atoms with Gasteiger partial charge in [-0.1, -0.05) is 41.8 Å². The summed E-state index contributed by atoms with van der Waals surface area (Å²) in [6.45, 7) is 8.97. The van der Waals surface area contributed by atoms with Gasteiger partial charge in [0.15, 0.2) is 22.1 Å². The first kappa shape index (κ1) is 26.4. The largest absolute Gasteiger partial charge is 0.490 e. The molecule has 1 unspecified atom stereocenters. The first-order valence-electron chi connectivity index (χ1n) is 12.8. The molecule has 2 aromatic heterocycles. The van der Waals surface area contributed by atoms with E-state index in [1.54, 1.807) is 23.1 Å². The van der Waals surface area contributed by atoms with E-state index in [0.29, 0.717) is 51.9 Å². The highest BCUT2D eigenvalue weighted by atomic mass is 79.9. The maximum Gasteiger partial charge on any atom is 0.297 e. The van der Waals surface area contributed by atoms with Crippen LogP contribution in [0.2, 0.25) is 0 Å². The van der Waals surface area contributed by atoms with E-state index in [2.05, 4.69) is 27.8 Å². The maximum atomic E-state index is 13.9. The van der Waals surface area contributed by atoms with Crippen molar-refractivity contribution in [3.05, 3.63) is 78.6 Å². The number of unbranched alkanes of at least 4 members (excludes halogenated alkanes) is 2. The Hall–Kier alpha value is -3.17. The zero-order valence-corrected chi connectivity index (χ0v) is 24.2. The van der Waals surface area contributed by atoms with Gasteiger partial charge in [-0.15, -0.1) is 11.3 Å². The molecule has 0 aliphatic carbocycles. The van der Waals surface area contributed by atoms with Crippen LogP contribution in [0.3, 0.4) is 0 Å². The molecule has 0 radical (unpaired) electrons. The lowest BCUT2D eigenvalue weighted by Crippen LogP contribution is -2.29. The Labute approximate surface area is 233 Å². The van der Waals surface area contributed by atoms with Gasteiger partial charge in [0.05, 0.1) is 35.9 Å². The van der Waals surface area contributed by atoms with Crippen molar-refractivity contribution in [3.8, 4) is 11.5 Å². The number of carbonyl (C=O) groups excluding carboxylic acids is 1. The predicted molar refractivity (Wildman–Crippen MR) is 153 cm³/mol. The number of hydrogen-bond acceptors (Lipinski definition) is 7. The van der Waals surface area contributed by atoms with E-state index in [-0.39, 0.29) is 11.2 Å². The van der Waals surface area contributed by atoms with Crippen molar-refractivity contribution in [3.63, 3.8) is 0 Å². The standard InChI is InChI=1S/C29H29BrN2O5S/c1-5-7-8-13-36-22-11-9-18(14-23(22)35-6-2)25-24-26(33)20-15-19(30)10-12-21(20)37-27(24)28(34)32(25)29-31-16(3)17(4)38-29/h9-12,14-15,25H,5-8,13H2,1-4H3. The number of nitrogens with zero attached hydrogens (tertiary/aromatic N) is 2. The highest BCUT2D eigenvalue weighted by Gasteiger charge is 2.45. The van der Waals surface area contributed by atoms with Crippen LogP contribution in [0, 0.1) is 13.8 Å². The fourth-order valence-corrected chi connectivity index (χ4v) is 5.93. The number of carbonyl (C=O) groups is 1. The SMILES string of the molecule is CCCCCOc1ccc(C2c3c(oc4ccc(Br)cc4c3=O)C(=O)N2c2nc(C)c(C)s2)cc1OCC. The smallest absolute Gasteiger partial charge is 0.297 e. The van der Waals surface area contributed by atoms with Gasteiger partial charge < -0.3 is 13.9 Å². The lowest BCUT2D eigenvalue weighted by molar-refractivity contribution is 0.0971. The van der Waals surface area contributed by atoms with E-state index in [1.807, 2.05) is 39.0 Å². The molecule has 4 aromatic rings. The molecule has 0 fully saturated rings. The Morgan fingerprint density at radius 1 is 1.05 bits per heavy atom. The molecule has 9 heteroatoms. The summed E-state index contributed by atoms with van der Waals surface area (Å²) in [5.41, 5.74) is 1.97. The number of rotatable bonds is 9. The van der Waals surface area contributed by atoms with E-state index in [9.17, 15) is 9.59 Å². The quantitative estimate of drug-likeness (QED) is 0.188. The van der Waals surface area contributed by atoms with Crippen LogP contribution in [-0.4, -0.2) is 24.1 Å². The van der Waals surface area contributed by atoms with Crippen molar-refractivity contribution in [1.29, 1.82) is 0 Å². The average Bonchev–Trinajstić information content (AvgIpc) is 3.38. The second-order valence-electron chi connectivity index (χ2n) is 9.22. The van der Waals surface area contributed by atoms with Gasteiger partial charge >= 0.3 is 0 Å². The summed E-state index contributed by atoms with van der Waals surface area (Å²) in [5.74, 6) is 0.858. The number of thiazole rings is 1. The van der Waals surface area contributed by atoms with Crippen molar-refractivity contribution >= 4 is 49.3 Å². The van der Waals surface area contributed by atoms with E-state index in [0.717, 1.165) is 34.3 Å². The minimum Gasteiger partial charge on any atom is -0.490 e. The Kier molecular flexibility index (Phi) is 7.59. The highest BCUT2D eigenvalue weighted by molar-refractivity contribution is 9.10. The summed E-state index contributed by atoms with van der Waals surface area (Å²) in [4.78, 5) is 35.0. The van der Waals surface area contributed by atoms with E-state index in [1.165, 1.54) is 11.3 Å². The number of hydrogen-bond donors (Lipinski definition) is 0. The van der Waals surface area contributed by atoms with E-state index < -0.39 is 11.9 Å². The molecule has 1 aliphatic heterocycles. The van der Waals surface area contributed by atoms with Gasteiger partial charge in [0.25, 0.3) is 5.91 Å². The van der Waals surface area contributed by atoms with Crippen molar-refractivity contribution in [2.75, 3.05) is 18.1 Å². The van der Waals surface area contributed by atoms with Gasteiger partial charge in [-0.05, 0) is 63.1 Å². The maximum absolute atomic E-state index is 13.9. The zero-order valence-electron chi connectivity index (χ0n) is 21.8. The third-order valence-corrected chi connectivity index (χ3v) is 8.21. The monoisotopic (exact) mass is 596 g/mol. The van der Waals surface area contributed by atoms with Crippen LogP contribution in [0.5, 0.6) is 11.5 Å². The molecule has 1 aliphatic rings. The normalized spacial score (nSPS) is 14.8. The third-order valence-electron chi connectivity index (χ3n) is 6.64. The molecular formula is C29H29BrN2O5S. The van der Waals surface area contributed by atoms with Gasteiger partial charge in [0.1, 0.15) is 5.58 Å². The topological polar surface area (TPSA) is 81.9 Å². The van der Waals surface area contributed by atoms with Gasteiger partial charge in [0, 0.05) is 9.35 Å². The fourth-order valence-electron chi connectivity index (χ4n) is 4.63. The zero-order chi connectivity index (χ0) is 27.0. The second-order valence-corrected chi connectivity index (χ2v) is 11.3. The number of aromatic nitrogens is 1. The van der Waals surface area contributed by atoms with Crippen LogP contribution < -0.4 is 19.8 Å². The van der Waals surface area contributed by atoms with Gasteiger partial charge in [0.2, 0.25) is 5.76 Å². The molecule has 0 N–H and O–H groups in total. The molecule has 0 saturated heterocycles. The molecule has 0 bridgehead atoms. The van der Waals surface area contributed by atoms with Gasteiger partial charge in [-0.25, -0.2) is 4.98 Å². The van der Waals surface area contributed by atoms with Crippen LogP contribution in [0.25, 0.3) is 11.0 Å². The molecule has 7 nitrogen and oxygen atoms in total. The molecule has 1 atom stereocenters. The molecule has 2 aromatic carbocycles. The van der Waals surface area contributed by atoms with Gasteiger partial charge in [-0.3, -0.25) is 14.5 Å². The Morgan fingerprint density at radius 3 is 2.58 bits per heavy atom. The van der Waals surface area contributed by atoms with Crippen LogP contribution in [0.1, 0.15) is 71.4 Å². The van der Waals surface area contributed by atoms with Crippen molar-refractivity contribution in [1.82, 2.24) is 4.98 Å². The lowest BCUT2D eigenvalue weighted by atomic mass is 9.98. The number of aryl methyl sites for hydroxylation is 2. The minimum atomic E-state index is -0.726. The molecule has 0 spiro atoms. The first-order chi connectivity index (χ1) is 18.3. The molecule has 5 rings (SSSR count). The average molecular weight is 598 g/mol. The predicted octanol–water partition coefficient (Wildman–Crippen LogP) is 7.35. The minimum absolute atomic E-state index is 0.0400. The molecule has 1 amide bonds. The van der Waals surface area contributed by atoms with Crippen LogP contribution in [0.15, 0.2) is 50.1 Å². The fraction of sp³-hybridized carbons (Fsp3) is 0.345. The molecule has 3 heterocycles. The third kappa shape index (κ3) is 4.73. The van der Waals surface area contributed by atoms with E-state index in [4.69, 9.17) is 13.9 Å². The van der Waals surface area contributed by atoms with Crippen molar-refractivity contribution in [2.45, 2.75) is 53.0 Å². The summed E-state index contributed by atoms with van der Waals surface area (Å²) in [6.07, 6.45) is 3.15. The number of benzene rings is 2. The number of amides is 1. The second kappa shape index (κ2) is 10.9. The first-order valence-corrected chi connectivity index (χ1v) is 14.4. The molecule has 198 valence electrons. The summed E-state index contributed by atoms with van der Waals surface area (Å²) < 4.78 is 18.8. The Bertz CT molecular complexity index is 1560. The Morgan fingerprint density at radius 2 is 1.87 bits per heavy atom. The summed E-state index contributed by atoms with van der Waals surface area (Å²) in [5, 5.41) is 0.925. The summed E-state index contributed by atoms with van der Waals surface area (Å²) >= 11 is 4.86. The van der Waals surface area contributed by atoms with Crippen LogP contribution in [-0.2, 0) is 0 Å². The van der Waals surface area contributed by atoms with Gasteiger partial charge in [-0.2, -0.15) is 0 Å². The summed E-state index contributed by atoms with van der Waals surface area (Å²) in [6, 6.07) is 10.1. The van der Waals surface area contributed by atoms with Crippen molar-refractivity contribution < 1.29 is 18.7 Å². The van der Waals surface area contributed by atoms with Crippen LogP contribution >= 0.6 is 27.3 Å². The highest BCUT2D eigenvalue weighted by Crippen LogP contribution is 2.44. The van der Waals surface area contributed by atoms with Crippen LogP contribution in [0.4, 0.5) is 5.13 Å². The Balaban J connectivity index is 1.68. The molecular weight excluding hydrogens is 568 g/mol. The molecule has 38 heavy (non-hydrogen) atoms. The number of fused-ring (bicyclic) bond motifs is 2. The van der Waals surface area contributed by atoms with Crippen molar-refractivity contribution in [2.24, 2.45) is 0 Å². The number of halogens is 1. The number of ether oxygens (including phenoxy) is 2. The molecule has 0 saturated carbocycles. The summed E-state index contributed by atoms with van der Waals surface area (Å²) in [7, 11) is 0.